The number of amides is 3. The molecule has 27 heavy (non-hydrogen) atoms. The highest BCUT2D eigenvalue weighted by Gasteiger charge is 2.49. The molecular weight excluding hydrogens is 367 g/mol. The van der Waals surface area contributed by atoms with E-state index in [9.17, 15) is 32.3 Å². The summed E-state index contributed by atoms with van der Waals surface area (Å²) in [7, 11) is 0. The van der Waals surface area contributed by atoms with Crippen LogP contribution in [0.25, 0.3) is 0 Å². The molecule has 0 spiro atoms. The molecule has 0 saturated heterocycles. The third kappa shape index (κ3) is 4.78. The summed E-state index contributed by atoms with van der Waals surface area (Å²) in [6, 6.07) is -1.59. The molecule has 2 fully saturated rings. The van der Waals surface area contributed by atoms with E-state index in [0.717, 1.165) is 0 Å². The van der Waals surface area contributed by atoms with E-state index in [4.69, 9.17) is 5.73 Å². The van der Waals surface area contributed by atoms with Gasteiger partial charge in [0.2, 0.25) is 11.7 Å². The second-order valence-corrected chi connectivity index (χ2v) is 7.59. The Hall–Kier alpha value is -2.13. The standard InChI is InChI=1S/C17H24F3N3O4/c1-15(18,19)14(27)22-10(9-16(20)5-2-3-6-16)13(26)23-17(7-4-8-17)11(24)12(21)25/h10H,2-9H2,1H3,(H2,21,25)(H,22,27)(H,23,26)/t10-/m0/s1. The summed E-state index contributed by atoms with van der Waals surface area (Å²) in [6.07, 6.45) is 1.87. The second-order valence-electron chi connectivity index (χ2n) is 7.59. The van der Waals surface area contributed by atoms with E-state index in [-0.39, 0.29) is 25.7 Å². The smallest absolute Gasteiger partial charge is 0.321 e. The van der Waals surface area contributed by atoms with Crippen molar-refractivity contribution in [3.05, 3.63) is 0 Å². The topological polar surface area (TPSA) is 118 Å². The highest BCUT2D eigenvalue weighted by molar-refractivity contribution is 6.39. The fraction of sp³-hybridized carbons (Fsp3) is 0.765. The molecule has 152 valence electrons. The Labute approximate surface area is 154 Å². The molecule has 0 aromatic heterocycles. The van der Waals surface area contributed by atoms with Crippen molar-refractivity contribution < 1.29 is 32.3 Å². The first kappa shape index (κ1) is 21.2. The average molecular weight is 391 g/mol. The summed E-state index contributed by atoms with van der Waals surface area (Å²) >= 11 is 0. The molecule has 0 unspecified atom stereocenters. The van der Waals surface area contributed by atoms with Gasteiger partial charge in [-0.25, -0.2) is 4.39 Å². The molecule has 0 aliphatic heterocycles. The normalized spacial score (nSPS) is 21.6. The number of halogens is 3. The van der Waals surface area contributed by atoms with Crippen LogP contribution in [0.3, 0.4) is 0 Å². The maximum Gasteiger partial charge on any atom is 0.321 e. The van der Waals surface area contributed by atoms with E-state index in [1.54, 1.807) is 0 Å². The molecule has 0 bridgehead atoms. The molecule has 0 heterocycles. The quantitative estimate of drug-likeness (QED) is 0.533. The molecule has 2 aliphatic rings. The zero-order valence-corrected chi connectivity index (χ0v) is 15.1. The Bertz CT molecular complexity index is 638. The first-order valence-electron chi connectivity index (χ1n) is 8.93. The molecular formula is C17H24F3N3O4. The van der Waals surface area contributed by atoms with Gasteiger partial charge in [-0.15, -0.1) is 0 Å². The first-order valence-corrected chi connectivity index (χ1v) is 8.93. The van der Waals surface area contributed by atoms with Crippen molar-refractivity contribution >= 4 is 23.5 Å². The lowest BCUT2D eigenvalue weighted by atomic mass is 9.73. The Kier molecular flexibility index (Phi) is 5.86. The number of nitrogens with one attached hydrogen (secondary N) is 2. The van der Waals surface area contributed by atoms with E-state index in [1.165, 1.54) is 0 Å². The highest BCUT2D eigenvalue weighted by atomic mass is 19.3. The molecule has 0 aromatic carbocycles. The van der Waals surface area contributed by atoms with Crippen LogP contribution in [-0.2, 0) is 19.2 Å². The summed E-state index contributed by atoms with van der Waals surface area (Å²) < 4.78 is 41.3. The average Bonchev–Trinajstić information content (AvgIpc) is 2.94. The number of hydrogen-bond donors (Lipinski definition) is 3. The lowest BCUT2D eigenvalue weighted by Crippen LogP contribution is -2.65. The van der Waals surface area contributed by atoms with Gasteiger partial charge in [0.15, 0.2) is 0 Å². The Morgan fingerprint density at radius 3 is 2.04 bits per heavy atom. The molecule has 10 heteroatoms. The van der Waals surface area contributed by atoms with Gasteiger partial charge in [-0.3, -0.25) is 19.2 Å². The summed E-state index contributed by atoms with van der Waals surface area (Å²) in [5.74, 6) is -8.68. The van der Waals surface area contributed by atoms with E-state index in [2.05, 4.69) is 5.32 Å². The molecule has 7 nitrogen and oxygen atoms in total. The minimum absolute atomic E-state index is 0.153. The van der Waals surface area contributed by atoms with E-state index >= 15 is 0 Å². The molecule has 0 radical (unpaired) electrons. The van der Waals surface area contributed by atoms with Crippen LogP contribution >= 0.6 is 0 Å². The number of hydrogen-bond acceptors (Lipinski definition) is 4. The van der Waals surface area contributed by atoms with Gasteiger partial charge in [-0.2, -0.15) is 8.78 Å². The maximum atomic E-state index is 14.8. The largest absolute Gasteiger partial charge is 0.363 e. The van der Waals surface area contributed by atoms with Gasteiger partial charge in [-0.05, 0) is 32.1 Å². The van der Waals surface area contributed by atoms with Crippen molar-refractivity contribution in [2.75, 3.05) is 0 Å². The molecule has 3 amide bonds. The van der Waals surface area contributed by atoms with Gasteiger partial charge in [0, 0.05) is 13.3 Å². The van der Waals surface area contributed by atoms with Crippen molar-refractivity contribution in [3.8, 4) is 0 Å². The van der Waals surface area contributed by atoms with Crippen molar-refractivity contribution in [2.24, 2.45) is 5.73 Å². The lowest BCUT2D eigenvalue weighted by Gasteiger charge is -2.41. The number of Topliss-reactive ketones (excluding diaryl/α,β-unsaturated/α-hetero) is 1. The van der Waals surface area contributed by atoms with Crippen LogP contribution in [0.4, 0.5) is 13.2 Å². The maximum absolute atomic E-state index is 14.8. The number of carbonyl (C=O) groups is 4. The zero-order chi connectivity index (χ0) is 20.5. The predicted molar refractivity (Wildman–Crippen MR) is 88.4 cm³/mol. The van der Waals surface area contributed by atoms with Crippen LogP contribution in [0.5, 0.6) is 0 Å². The van der Waals surface area contributed by atoms with Gasteiger partial charge in [0.25, 0.3) is 11.8 Å². The van der Waals surface area contributed by atoms with Crippen molar-refractivity contribution in [3.63, 3.8) is 0 Å². The van der Waals surface area contributed by atoms with Gasteiger partial charge >= 0.3 is 5.92 Å². The monoisotopic (exact) mass is 391 g/mol. The van der Waals surface area contributed by atoms with Crippen molar-refractivity contribution in [1.82, 2.24) is 10.6 Å². The van der Waals surface area contributed by atoms with Crippen LogP contribution < -0.4 is 16.4 Å². The summed E-state index contributed by atoms with van der Waals surface area (Å²) in [5.41, 5.74) is 1.73. The number of alkyl halides is 3. The Morgan fingerprint density at radius 2 is 1.63 bits per heavy atom. The number of primary amides is 1. The molecule has 4 N–H and O–H groups in total. The van der Waals surface area contributed by atoms with E-state index in [0.29, 0.717) is 26.2 Å². The van der Waals surface area contributed by atoms with Crippen molar-refractivity contribution in [2.45, 2.75) is 81.5 Å². The number of rotatable bonds is 8. The molecule has 2 aliphatic carbocycles. The van der Waals surface area contributed by atoms with Crippen LogP contribution in [-0.4, -0.2) is 46.7 Å². The fourth-order valence-corrected chi connectivity index (χ4v) is 3.57. The summed E-state index contributed by atoms with van der Waals surface area (Å²) in [4.78, 5) is 47.5. The van der Waals surface area contributed by atoms with Crippen LogP contribution in [0, 0.1) is 0 Å². The zero-order valence-electron chi connectivity index (χ0n) is 15.1. The van der Waals surface area contributed by atoms with Crippen LogP contribution in [0.2, 0.25) is 0 Å². The van der Waals surface area contributed by atoms with E-state index in [1.807, 2.05) is 5.32 Å². The van der Waals surface area contributed by atoms with Gasteiger partial charge < -0.3 is 16.4 Å². The van der Waals surface area contributed by atoms with Gasteiger partial charge in [0.1, 0.15) is 17.2 Å². The SMILES string of the molecule is CC(F)(F)C(=O)N[C@@H](CC1(F)CCCC1)C(=O)NC1(C(=O)C(N)=O)CCC1. The number of carbonyl (C=O) groups excluding carboxylic acids is 4. The third-order valence-electron chi connectivity index (χ3n) is 5.32. The Morgan fingerprint density at radius 1 is 1.07 bits per heavy atom. The number of nitrogens with two attached hydrogens (primary N) is 1. The first-order chi connectivity index (χ1) is 12.4. The molecule has 2 rings (SSSR count). The second kappa shape index (κ2) is 7.47. The molecule has 2 saturated carbocycles. The predicted octanol–water partition coefficient (Wildman–Crippen LogP) is 0.892. The lowest BCUT2D eigenvalue weighted by molar-refractivity contribution is -0.148. The van der Waals surface area contributed by atoms with Gasteiger partial charge in [0.05, 0.1) is 0 Å². The third-order valence-corrected chi connectivity index (χ3v) is 5.32. The summed E-state index contributed by atoms with van der Waals surface area (Å²) in [5, 5.41) is 4.22. The molecule has 0 aromatic rings. The van der Waals surface area contributed by atoms with Crippen molar-refractivity contribution in [1.29, 1.82) is 0 Å². The van der Waals surface area contributed by atoms with Crippen LogP contribution in [0.15, 0.2) is 0 Å². The van der Waals surface area contributed by atoms with Crippen LogP contribution in [0.1, 0.15) is 58.3 Å². The van der Waals surface area contributed by atoms with Gasteiger partial charge in [-0.1, -0.05) is 12.8 Å². The fourth-order valence-electron chi connectivity index (χ4n) is 3.57. The minimum Gasteiger partial charge on any atom is -0.363 e. The Balaban J connectivity index is 2.18. The summed E-state index contributed by atoms with van der Waals surface area (Å²) in [6.45, 7) is 0.363. The molecule has 1 atom stereocenters. The minimum atomic E-state index is -3.76. The van der Waals surface area contributed by atoms with E-state index < -0.39 is 53.1 Å². The number of ketones is 1. The highest BCUT2D eigenvalue weighted by Crippen LogP contribution is 2.38.